The van der Waals surface area contributed by atoms with Crippen LogP contribution in [0.4, 0.5) is 0 Å². The molecule has 0 bridgehead atoms. The zero-order chi connectivity index (χ0) is 14.3. The number of aromatic nitrogens is 2. The van der Waals surface area contributed by atoms with Gasteiger partial charge in [0.2, 0.25) is 11.8 Å². The third-order valence-corrected chi connectivity index (χ3v) is 4.71. The lowest BCUT2D eigenvalue weighted by Crippen LogP contribution is -2.65. The van der Waals surface area contributed by atoms with Gasteiger partial charge in [-0.1, -0.05) is 6.92 Å². The van der Waals surface area contributed by atoms with Crippen LogP contribution in [-0.4, -0.2) is 38.2 Å². The summed E-state index contributed by atoms with van der Waals surface area (Å²) >= 11 is 1.55. The second-order valence-electron chi connectivity index (χ2n) is 5.12. The number of hydrogen-bond acceptors (Lipinski definition) is 4. The van der Waals surface area contributed by atoms with Gasteiger partial charge in [-0.05, 0) is 13.3 Å². The Labute approximate surface area is 120 Å². The summed E-state index contributed by atoms with van der Waals surface area (Å²) in [7, 11) is 0. The van der Waals surface area contributed by atoms with Crippen LogP contribution in [0.3, 0.4) is 0 Å². The first-order chi connectivity index (χ1) is 9.54. The molecule has 2 aromatic heterocycles. The number of fused-ring (bicyclic) bond motifs is 1. The number of nitrogens with zero attached hydrogens (tertiary/aromatic N) is 3. The predicted octanol–water partition coefficient (Wildman–Crippen LogP) is 1.02. The third-order valence-electron chi connectivity index (χ3n) is 3.94. The van der Waals surface area contributed by atoms with Gasteiger partial charge in [0.25, 0.3) is 0 Å². The van der Waals surface area contributed by atoms with Crippen molar-refractivity contribution in [2.75, 3.05) is 6.54 Å². The van der Waals surface area contributed by atoms with Crippen molar-refractivity contribution in [3.8, 4) is 0 Å². The third kappa shape index (κ3) is 1.89. The van der Waals surface area contributed by atoms with Crippen molar-refractivity contribution in [2.24, 2.45) is 0 Å². The highest BCUT2D eigenvalue weighted by atomic mass is 32.1. The minimum absolute atomic E-state index is 0.0645. The summed E-state index contributed by atoms with van der Waals surface area (Å²) in [5.74, 6) is -0.161. The van der Waals surface area contributed by atoms with Crippen LogP contribution < -0.4 is 5.32 Å². The molecule has 3 rings (SSSR count). The van der Waals surface area contributed by atoms with Gasteiger partial charge in [0.05, 0.1) is 18.8 Å². The Balaban J connectivity index is 1.91. The molecule has 1 aliphatic rings. The maximum Gasteiger partial charge on any atom is 0.246 e. The zero-order valence-electron chi connectivity index (χ0n) is 11.4. The highest BCUT2D eigenvalue weighted by Gasteiger charge is 2.44. The lowest BCUT2D eigenvalue weighted by Gasteiger charge is -2.42. The molecule has 1 N–H and O–H groups in total. The molecule has 1 saturated heterocycles. The Morgan fingerprint density at radius 1 is 1.50 bits per heavy atom. The van der Waals surface area contributed by atoms with Gasteiger partial charge in [0, 0.05) is 17.8 Å². The van der Waals surface area contributed by atoms with Crippen LogP contribution in [0.25, 0.3) is 4.96 Å². The van der Waals surface area contributed by atoms with Crippen LogP contribution in [0.15, 0.2) is 17.8 Å². The van der Waals surface area contributed by atoms with E-state index < -0.39 is 5.54 Å². The number of carbonyl (C=O) groups excluding carboxylic acids is 2. The van der Waals surface area contributed by atoms with Crippen molar-refractivity contribution in [1.29, 1.82) is 0 Å². The van der Waals surface area contributed by atoms with Crippen LogP contribution in [0.5, 0.6) is 0 Å². The maximum atomic E-state index is 12.2. The Bertz CT molecular complexity index is 648. The summed E-state index contributed by atoms with van der Waals surface area (Å²) in [6, 6.07) is 0. The number of amides is 2. The van der Waals surface area contributed by atoms with E-state index in [4.69, 9.17) is 0 Å². The van der Waals surface area contributed by atoms with Crippen molar-refractivity contribution in [1.82, 2.24) is 19.6 Å². The van der Waals surface area contributed by atoms with Gasteiger partial charge in [-0.2, -0.15) is 0 Å². The summed E-state index contributed by atoms with van der Waals surface area (Å²) in [5.41, 5.74) is 0.00593. The topological polar surface area (TPSA) is 66.7 Å². The summed E-state index contributed by atoms with van der Waals surface area (Å²) in [6.45, 7) is 4.15. The fourth-order valence-corrected chi connectivity index (χ4v) is 3.19. The van der Waals surface area contributed by atoms with E-state index in [0.717, 1.165) is 10.7 Å². The molecule has 1 atom stereocenters. The molecule has 7 heteroatoms. The standard InChI is InChI=1S/C13H16N4O2S/c1-3-13(2)11(19)14-6-10(18)17(13)8-9-7-16-4-5-20-12(16)15-9/h4-5,7H,3,6,8H2,1-2H3,(H,14,19). The van der Waals surface area contributed by atoms with Crippen molar-refractivity contribution >= 4 is 28.1 Å². The molecule has 1 fully saturated rings. The molecule has 0 aromatic carbocycles. The number of imidazole rings is 1. The van der Waals surface area contributed by atoms with Gasteiger partial charge in [0.15, 0.2) is 4.96 Å². The van der Waals surface area contributed by atoms with Crippen LogP contribution in [0.2, 0.25) is 0 Å². The first kappa shape index (κ1) is 13.1. The van der Waals surface area contributed by atoms with Gasteiger partial charge in [-0.25, -0.2) is 4.98 Å². The molecule has 1 unspecified atom stereocenters. The second kappa shape index (κ2) is 4.59. The van der Waals surface area contributed by atoms with E-state index in [1.807, 2.05) is 29.1 Å². The van der Waals surface area contributed by atoms with Crippen LogP contribution >= 0.6 is 11.3 Å². The highest BCUT2D eigenvalue weighted by Crippen LogP contribution is 2.25. The van der Waals surface area contributed by atoms with Crippen molar-refractivity contribution < 1.29 is 9.59 Å². The van der Waals surface area contributed by atoms with E-state index in [0.29, 0.717) is 13.0 Å². The fraction of sp³-hybridized carbons (Fsp3) is 0.462. The number of piperazine rings is 1. The van der Waals surface area contributed by atoms with Crippen LogP contribution in [0.1, 0.15) is 26.0 Å². The van der Waals surface area contributed by atoms with Crippen molar-refractivity contribution in [3.05, 3.63) is 23.5 Å². The molecule has 1 aliphatic heterocycles. The molecule has 0 aliphatic carbocycles. The van der Waals surface area contributed by atoms with Crippen LogP contribution in [-0.2, 0) is 16.1 Å². The van der Waals surface area contributed by atoms with E-state index in [1.165, 1.54) is 0 Å². The van der Waals surface area contributed by atoms with Crippen molar-refractivity contribution in [3.63, 3.8) is 0 Å². The Hall–Kier alpha value is -1.89. The summed E-state index contributed by atoms with van der Waals surface area (Å²) in [6.07, 6.45) is 4.41. The van der Waals surface area contributed by atoms with Gasteiger partial charge in [-0.15, -0.1) is 11.3 Å². The lowest BCUT2D eigenvalue weighted by atomic mass is 9.92. The minimum atomic E-state index is -0.799. The van der Waals surface area contributed by atoms with E-state index in [9.17, 15) is 9.59 Å². The van der Waals surface area contributed by atoms with Gasteiger partial charge in [0.1, 0.15) is 5.54 Å². The summed E-state index contributed by atoms with van der Waals surface area (Å²) in [4.78, 5) is 31.3. The number of rotatable bonds is 3. The number of thiazole rings is 1. The molecule has 2 amide bonds. The monoisotopic (exact) mass is 292 g/mol. The first-order valence-electron chi connectivity index (χ1n) is 6.54. The summed E-state index contributed by atoms with van der Waals surface area (Å²) in [5, 5.41) is 4.62. The number of nitrogens with one attached hydrogen (secondary N) is 1. The van der Waals surface area contributed by atoms with Gasteiger partial charge >= 0.3 is 0 Å². The molecule has 20 heavy (non-hydrogen) atoms. The SMILES string of the molecule is CCC1(C)C(=O)NCC(=O)N1Cc1cn2ccsc2n1. The molecule has 106 valence electrons. The quantitative estimate of drug-likeness (QED) is 0.918. The van der Waals surface area contributed by atoms with E-state index >= 15 is 0 Å². The average molecular weight is 292 g/mol. The Morgan fingerprint density at radius 2 is 2.30 bits per heavy atom. The molecular formula is C13H16N4O2S. The smallest absolute Gasteiger partial charge is 0.246 e. The zero-order valence-corrected chi connectivity index (χ0v) is 12.2. The molecule has 0 saturated carbocycles. The molecule has 2 aromatic rings. The minimum Gasteiger partial charge on any atom is -0.345 e. The predicted molar refractivity (Wildman–Crippen MR) is 75.3 cm³/mol. The van der Waals surface area contributed by atoms with Gasteiger partial charge in [-0.3, -0.25) is 14.0 Å². The molecule has 0 radical (unpaired) electrons. The van der Waals surface area contributed by atoms with Gasteiger partial charge < -0.3 is 10.2 Å². The first-order valence-corrected chi connectivity index (χ1v) is 7.42. The van der Waals surface area contributed by atoms with E-state index in [-0.39, 0.29) is 18.4 Å². The van der Waals surface area contributed by atoms with E-state index in [1.54, 1.807) is 23.2 Å². The molecule has 6 nitrogen and oxygen atoms in total. The summed E-state index contributed by atoms with van der Waals surface area (Å²) < 4.78 is 1.93. The fourth-order valence-electron chi connectivity index (χ4n) is 2.47. The Morgan fingerprint density at radius 3 is 3.00 bits per heavy atom. The number of hydrogen-bond donors (Lipinski definition) is 1. The normalized spacial score (nSPS) is 23.4. The van der Waals surface area contributed by atoms with Crippen LogP contribution in [0, 0.1) is 0 Å². The Kier molecular flexibility index (Phi) is 3.01. The highest BCUT2D eigenvalue weighted by molar-refractivity contribution is 7.15. The molecule has 0 spiro atoms. The molecular weight excluding hydrogens is 276 g/mol. The second-order valence-corrected chi connectivity index (χ2v) is 5.99. The lowest BCUT2D eigenvalue weighted by molar-refractivity contribution is -0.153. The maximum absolute atomic E-state index is 12.2. The van der Waals surface area contributed by atoms with Crippen molar-refractivity contribution in [2.45, 2.75) is 32.4 Å². The molecule has 3 heterocycles. The number of carbonyl (C=O) groups is 2. The average Bonchev–Trinajstić information content (AvgIpc) is 3.00. The largest absolute Gasteiger partial charge is 0.345 e. The van der Waals surface area contributed by atoms with E-state index in [2.05, 4.69) is 10.3 Å².